The molecule has 0 bridgehead atoms. The molecule has 0 saturated heterocycles. The number of carboxylic acids is 1. The summed E-state index contributed by atoms with van der Waals surface area (Å²) in [6.45, 7) is 0.322. The SMILES string of the molecule is O=C(CNCc1cccc(C(=O)O)c1)NO. The summed E-state index contributed by atoms with van der Waals surface area (Å²) >= 11 is 0. The van der Waals surface area contributed by atoms with Gasteiger partial charge in [-0.15, -0.1) is 0 Å². The van der Waals surface area contributed by atoms with E-state index >= 15 is 0 Å². The second kappa shape index (κ2) is 5.84. The van der Waals surface area contributed by atoms with Crippen molar-refractivity contribution in [2.24, 2.45) is 0 Å². The van der Waals surface area contributed by atoms with Gasteiger partial charge in [0.25, 0.3) is 5.91 Å². The number of hydrogen-bond donors (Lipinski definition) is 4. The van der Waals surface area contributed by atoms with E-state index in [1.165, 1.54) is 17.6 Å². The van der Waals surface area contributed by atoms with Crippen molar-refractivity contribution in [2.75, 3.05) is 6.54 Å². The standard InChI is InChI=1S/C10H12N2O4/c13-9(12-16)6-11-5-7-2-1-3-8(4-7)10(14)15/h1-4,11,16H,5-6H2,(H,12,13)(H,14,15). The Hall–Kier alpha value is -1.92. The summed E-state index contributed by atoms with van der Waals surface area (Å²) in [6, 6.07) is 6.39. The van der Waals surface area contributed by atoms with Crippen LogP contribution >= 0.6 is 0 Å². The molecular formula is C10H12N2O4. The van der Waals surface area contributed by atoms with Gasteiger partial charge in [-0.25, -0.2) is 10.3 Å². The van der Waals surface area contributed by atoms with Crippen LogP contribution in [0.2, 0.25) is 0 Å². The number of benzene rings is 1. The first-order valence-electron chi connectivity index (χ1n) is 4.59. The zero-order valence-corrected chi connectivity index (χ0v) is 8.43. The number of hydrogen-bond acceptors (Lipinski definition) is 4. The van der Waals surface area contributed by atoms with Crippen LogP contribution in [0.5, 0.6) is 0 Å². The monoisotopic (exact) mass is 224 g/mol. The Morgan fingerprint density at radius 1 is 1.31 bits per heavy atom. The number of aromatic carboxylic acids is 1. The van der Waals surface area contributed by atoms with Gasteiger partial charge in [-0.1, -0.05) is 12.1 Å². The van der Waals surface area contributed by atoms with E-state index in [0.29, 0.717) is 6.54 Å². The highest BCUT2D eigenvalue weighted by Gasteiger charge is 2.03. The molecule has 4 N–H and O–H groups in total. The molecule has 16 heavy (non-hydrogen) atoms. The number of carboxylic acid groups (broad SMARTS) is 1. The summed E-state index contributed by atoms with van der Waals surface area (Å²) in [5.41, 5.74) is 2.44. The Morgan fingerprint density at radius 3 is 2.69 bits per heavy atom. The van der Waals surface area contributed by atoms with Crippen LogP contribution < -0.4 is 10.8 Å². The number of carbonyl (C=O) groups is 2. The molecule has 0 atom stereocenters. The fourth-order valence-electron chi connectivity index (χ4n) is 1.17. The average molecular weight is 224 g/mol. The molecule has 6 nitrogen and oxygen atoms in total. The minimum absolute atomic E-state index is 0.0339. The van der Waals surface area contributed by atoms with Crippen molar-refractivity contribution >= 4 is 11.9 Å². The molecule has 0 aromatic heterocycles. The van der Waals surface area contributed by atoms with Crippen LogP contribution in [0, 0.1) is 0 Å². The molecule has 1 amide bonds. The normalized spacial score (nSPS) is 9.81. The molecule has 1 aromatic rings. The van der Waals surface area contributed by atoms with Crippen molar-refractivity contribution in [1.82, 2.24) is 10.8 Å². The molecule has 6 heteroatoms. The van der Waals surface area contributed by atoms with Gasteiger partial charge in [-0.3, -0.25) is 10.0 Å². The fraction of sp³-hybridized carbons (Fsp3) is 0.200. The lowest BCUT2D eigenvalue weighted by Crippen LogP contribution is -2.31. The zero-order valence-electron chi connectivity index (χ0n) is 8.43. The van der Waals surface area contributed by atoms with Crippen molar-refractivity contribution in [2.45, 2.75) is 6.54 Å². The molecule has 1 aromatic carbocycles. The zero-order chi connectivity index (χ0) is 12.0. The third-order valence-corrected chi connectivity index (χ3v) is 1.91. The van der Waals surface area contributed by atoms with Gasteiger partial charge in [-0.05, 0) is 17.7 Å². The first-order chi connectivity index (χ1) is 7.63. The van der Waals surface area contributed by atoms with Gasteiger partial charge in [0.05, 0.1) is 12.1 Å². The fourth-order valence-corrected chi connectivity index (χ4v) is 1.17. The topological polar surface area (TPSA) is 98.7 Å². The lowest BCUT2D eigenvalue weighted by molar-refractivity contribution is -0.128. The van der Waals surface area contributed by atoms with E-state index in [4.69, 9.17) is 10.3 Å². The van der Waals surface area contributed by atoms with Crippen molar-refractivity contribution < 1.29 is 19.9 Å². The van der Waals surface area contributed by atoms with Gasteiger partial charge in [0, 0.05) is 6.54 Å². The smallest absolute Gasteiger partial charge is 0.335 e. The quantitative estimate of drug-likeness (QED) is 0.416. The highest BCUT2D eigenvalue weighted by molar-refractivity contribution is 5.87. The average Bonchev–Trinajstić information content (AvgIpc) is 2.29. The maximum atomic E-state index is 10.7. The molecule has 0 heterocycles. The number of hydroxylamine groups is 1. The first kappa shape index (κ1) is 12.2. The summed E-state index contributed by atoms with van der Waals surface area (Å²) in [6.07, 6.45) is 0. The molecular weight excluding hydrogens is 212 g/mol. The number of carbonyl (C=O) groups excluding carboxylic acids is 1. The minimum atomic E-state index is -0.991. The molecule has 0 aliphatic rings. The van der Waals surface area contributed by atoms with Crippen LogP contribution in [0.4, 0.5) is 0 Å². The largest absolute Gasteiger partial charge is 0.478 e. The van der Waals surface area contributed by atoms with E-state index in [0.717, 1.165) is 5.56 Å². The van der Waals surface area contributed by atoms with Crippen LogP contribution in [-0.2, 0) is 11.3 Å². The van der Waals surface area contributed by atoms with Crippen LogP contribution in [-0.4, -0.2) is 28.7 Å². The highest BCUT2D eigenvalue weighted by atomic mass is 16.5. The van der Waals surface area contributed by atoms with Gasteiger partial charge < -0.3 is 10.4 Å². The predicted octanol–water partition coefficient (Wildman–Crippen LogP) is -0.0202. The minimum Gasteiger partial charge on any atom is -0.478 e. The van der Waals surface area contributed by atoms with Gasteiger partial charge in [-0.2, -0.15) is 0 Å². The molecule has 0 aliphatic carbocycles. The molecule has 0 aliphatic heterocycles. The summed E-state index contributed by atoms with van der Waals surface area (Å²) < 4.78 is 0. The second-order valence-corrected chi connectivity index (χ2v) is 3.14. The molecule has 86 valence electrons. The Balaban J connectivity index is 2.51. The van der Waals surface area contributed by atoms with Crippen LogP contribution in [0.25, 0.3) is 0 Å². The lowest BCUT2D eigenvalue weighted by Gasteiger charge is -2.04. The number of rotatable bonds is 5. The van der Waals surface area contributed by atoms with Gasteiger partial charge >= 0.3 is 5.97 Å². The highest BCUT2D eigenvalue weighted by Crippen LogP contribution is 2.04. The van der Waals surface area contributed by atoms with Gasteiger partial charge in [0.2, 0.25) is 0 Å². The third kappa shape index (κ3) is 3.68. The lowest BCUT2D eigenvalue weighted by atomic mass is 10.1. The van der Waals surface area contributed by atoms with Crippen LogP contribution in [0.3, 0.4) is 0 Å². The molecule has 0 spiro atoms. The van der Waals surface area contributed by atoms with Crippen LogP contribution in [0.15, 0.2) is 24.3 Å². The second-order valence-electron chi connectivity index (χ2n) is 3.14. The Morgan fingerprint density at radius 2 is 2.06 bits per heavy atom. The van der Waals surface area contributed by atoms with E-state index in [1.807, 2.05) is 0 Å². The summed E-state index contributed by atoms with van der Waals surface area (Å²) in [4.78, 5) is 21.3. The third-order valence-electron chi connectivity index (χ3n) is 1.91. The molecule has 0 saturated carbocycles. The van der Waals surface area contributed by atoms with Crippen molar-refractivity contribution in [3.05, 3.63) is 35.4 Å². The first-order valence-corrected chi connectivity index (χ1v) is 4.59. The summed E-state index contributed by atoms with van der Waals surface area (Å²) in [7, 11) is 0. The van der Waals surface area contributed by atoms with Gasteiger partial charge in [0.1, 0.15) is 0 Å². The summed E-state index contributed by atoms with van der Waals surface area (Å²) in [5, 5.41) is 19.7. The van der Waals surface area contributed by atoms with E-state index in [2.05, 4.69) is 5.32 Å². The Kier molecular flexibility index (Phi) is 4.43. The molecule has 0 unspecified atom stereocenters. The van der Waals surface area contributed by atoms with E-state index in [-0.39, 0.29) is 12.1 Å². The van der Waals surface area contributed by atoms with E-state index in [1.54, 1.807) is 12.1 Å². The molecule has 1 rings (SSSR count). The predicted molar refractivity (Wildman–Crippen MR) is 55.0 cm³/mol. The Labute approximate surface area is 91.9 Å². The number of nitrogens with one attached hydrogen (secondary N) is 2. The van der Waals surface area contributed by atoms with E-state index < -0.39 is 11.9 Å². The molecule has 0 fully saturated rings. The number of amides is 1. The van der Waals surface area contributed by atoms with Crippen LogP contribution in [0.1, 0.15) is 15.9 Å². The van der Waals surface area contributed by atoms with E-state index in [9.17, 15) is 9.59 Å². The Bertz CT molecular complexity index is 392. The van der Waals surface area contributed by atoms with Crippen molar-refractivity contribution in [3.8, 4) is 0 Å². The molecule has 0 radical (unpaired) electrons. The maximum absolute atomic E-state index is 10.7. The van der Waals surface area contributed by atoms with Crippen molar-refractivity contribution in [3.63, 3.8) is 0 Å². The maximum Gasteiger partial charge on any atom is 0.335 e. The summed E-state index contributed by atoms with van der Waals surface area (Å²) in [5.74, 6) is -1.54. The van der Waals surface area contributed by atoms with Crippen molar-refractivity contribution in [1.29, 1.82) is 0 Å². The van der Waals surface area contributed by atoms with Gasteiger partial charge in [0.15, 0.2) is 0 Å².